The second-order valence-corrected chi connectivity index (χ2v) is 4.50. The van der Waals surface area contributed by atoms with Crippen molar-refractivity contribution < 1.29 is 5.11 Å². The molecule has 0 bridgehead atoms. The van der Waals surface area contributed by atoms with Crippen molar-refractivity contribution in [1.82, 2.24) is 4.98 Å². The van der Waals surface area contributed by atoms with E-state index < -0.39 is 6.10 Å². The van der Waals surface area contributed by atoms with Crippen LogP contribution in [0.25, 0.3) is 0 Å². The molecule has 1 aromatic carbocycles. The fourth-order valence-corrected chi connectivity index (χ4v) is 2.03. The Bertz CT molecular complexity index is 539. The average molecular weight is 248 g/mol. The van der Waals surface area contributed by atoms with E-state index in [1.165, 1.54) is 0 Å². The Kier molecular flexibility index (Phi) is 3.46. The third-order valence-electron chi connectivity index (χ3n) is 2.98. The smallest absolute Gasteiger partial charge is 0.106 e. The summed E-state index contributed by atoms with van der Waals surface area (Å²) in [5.74, 6) is 0. The minimum absolute atomic E-state index is 0.670. The first-order valence-corrected chi connectivity index (χ1v) is 5.82. The molecule has 2 aromatic rings. The van der Waals surface area contributed by atoms with Crippen LogP contribution in [0.1, 0.15) is 28.4 Å². The second kappa shape index (κ2) is 4.86. The van der Waals surface area contributed by atoms with Gasteiger partial charge in [-0.3, -0.25) is 4.98 Å². The van der Waals surface area contributed by atoms with Crippen molar-refractivity contribution in [3.05, 3.63) is 63.9 Å². The number of aromatic nitrogens is 1. The van der Waals surface area contributed by atoms with Crippen molar-refractivity contribution in [3.8, 4) is 0 Å². The molecule has 2 nitrogen and oxygen atoms in total. The topological polar surface area (TPSA) is 33.1 Å². The normalized spacial score (nSPS) is 12.5. The van der Waals surface area contributed by atoms with E-state index in [-0.39, 0.29) is 0 Å². The Labute approximate surface area is 106 Å². The van der Waals surface area contributed by atoms with Gasteiger partial charge in [-0.1, -0.05) is 23.7 Å². The summed E-state index contributed by atoms with van der Waals surface area (Å²) in [4.78, 5) is 4.05. The van der Waals surface area contributed by atoms with E-state index in [1.807, 2.05) is 38.1 Å². The van der Waals surface area contributed by atoms with Crippen LogP contribution in [0, 0.1) is 13.8 Å². The highest BCUT2D eigenvalue weighted by Gasteiger charge is 2.16. The Morgan fingerprint density at radius 1 is 1.18 bits per heavy atom. The number of aryl methyl sites for hydroxylation is 1. The molecule has 0 saturated heterocycles. The van der Waals surface area contributed by atoms with Gasteiger partial charge in [0.15, 0.2) is 0 Å². The molecule has 2 rings (SSSR count). The Morgan fingerprint density at radius 2 is 1.94 bits per heavy atom. The first-order chi connectivity index (χ1) is 8.11. The SMILES string of the molecule is Cc1ccncc1C(O)c1cccc(Cl)c1C. The largest absolute Gasteiger partial charge is 0.384 e. The number of pyridine rings is 1. The summed E-state index contributed by atoms with van der Waals surface area (Å²) in [5, 5.41) is 11.0. The van der Waals surface area contributed by atoms with Crippen molar-refractivity contribution >= 4 is 11.6 Å². The molecule has 1 N–H and O–H groups in total. The fraction of sp³-hybridized carbons (Fsp3) is 0.214. The van der Waals surface area contributed by atoms with E-state index in [4.69, 9.17) is 11.6 Å². The lowest BCUT2D eigenvalue weighted by Crippen LogP contribution is -2.04. The van der Waals surface area contributed by atoms with Gasteiger partial charge in [-0.2, -0.15) is 0 Å². The van der Waals surface area contributed by atoms with Crippen LogP contribution in [-0.2, 0) is 0 Å². The number of aliphatic hydroxyl groups excluding tert-OH is 1. The molecule has 0 fully saturated rings. The van der Waals surface area contributed by atoms with Crippen LogP contribution in [0.15, 0.2) is 36.7 Å². The maximum Gasteiger partial charge on any atom is 0.106 e. The molecule has 0 amide bonds. The predicted octanol–water partition coefficient (Wildman–Crippen LogP) is 3.43. The Morgan fingerprint density at radius 3 is 2.65 bits per heavy atom. The summed E-state index contributed by atoms with van der Waals surface area (Å²) in [6.45, 7) is 3.87. The van der Waals surface area contributed by atoms with Crippen LogP contribution in [0.4, 0.5) is 0 Å². The minimum atomic E-state index is -0.678. The van der Waals surface area contributed by atoms with Gasteiger partial charge in [0.2, 0.25) is 0 Å². The van der Waals surface area contributed by atoms with E-state index in [9.17, 15) is 5.11 Å². The average Bonchev–Trinajstić information content (AvgIpc) is 2.32. The first kappa shape index (κ1) is 12.1. The minimum Gasteiger partial charge on any atom is -0.384 e. The van der Waals surface area contributed by atoms with Crippen LogP contribution in [0.2, 0.25) is 5.02 Å². The molecule has 3 heteroatoms. The van der Waals surface area contributed by atoms with Crippen molar-refractivity contribution in [1.29, 1.82) is 0 Å². The monoisotopic (exact) mass is 247 g/mol. The van der Waals surface area contributed by atoms with Gasteiger partial charge in [-0.25, -0.2) is 0 Å². The van der Waals surface area contributed by atoms with Crippen LogP contribution in [-0.4, -0.2) is 10.1 Å². The van der Waals surface area contributed by atoms with Gasteiger partial charge < -0.3 is 5.11 Å². The molecular formula is C14H14ClNO. The summed E-state index contributed by atoms with van der Waals surface area (Å²) < 4.78 is 0. The summed E-state index contributed by atoms with van der Waals surface area (Å²) in [6.07, 6.45) is 2.74. The van der Waals surface area contributed by atoms with Crippen molar-refractivity contribution in [3.63, 3.8) is 0 Å². The van der Waals surface area contributed by atoms with Gasteiger partial charge in [0, 0.05) is 23.0 Å². The zero-order valence-electron chi connectivity index (χ0n) is 9.81. The molecule has 88 valence electrons. The highest BCUT2D eigenvalue weighted by Crippen LogP contribution is 2.29. The number of nitrogens with zero attached hydrogens (tertiary/aromatic N) is 1. The van der Waals surface area contributed by atoms with Gasteiger partial charge >= 0.3 is 0 Å². The summed E-state index contributed by atoms with van der Waals surface area (Å²) >= 11 is 6.06. The molecule has 0 aliphatic rings. The molecule has 0 spiro atoms. The summed E-state index contributed by atoms with van der Waals surface area (Å²) in [7, 11) is 0. The number of hydrogen-bond donors (Lipinski definition) is 1. The van der Waals surface area contributed by atoms with Crippen LogP contribution in [0.3, 0.4) is 0 Å². The van der Waals surface area contributed by atoms with Crippen molar-refractivity contribution in [2.24, 2.45) is 0 Å². The highest BCUT2D eigenvalue weighted by atomic mass is 35.5. The second-order valence-electron chi connectivity index (χ2n) is 4.09. The van der Waals surface area contributed by atoms with Gasteiger partial charge in [0.25, 0.3) is 0 Å². The molecule has 0 saturated carbocycles. The van der Waals surface area contributed by atoms with Crippen molar-refractivity contribution in [2.45, 2.75) is 20.0 Å². The van der Waals surface area contributed by atoms with E-state index in [1.54, 1.807) is 12.4 Å². The highest BCUT2D eigenvalue weighted by molar-refractivity contribution is 6.31. The number of rotatable bonds is 2. The maximum absolute atomic E-state index is 10.4. The van der Waals surface area contributed by atoms with Crippen LogP contribution < -0.4 is 0 Å². The lowest BCUT2D eigenvalue weighted by Gasteiger charge is -2.16. The predicted molar refractivity (Wildman–Crippen MR) is 69.2 cm³/mol. The Hall–Kier alpha value is -1.38. The summed E-state index contributed by atoms with van der Waals surface area (Å²) in [5.41, 5.74) is 3.57. The molecular weight excluding hydrogens is 234 g/mol. The molecule has 0 aliphatic heterocycles. The third-order valence-corrected chi connectivity index (χ3v) is 3.39. The lowest BCUT2D eigenvalue weighted by molar-refractivity contribution is 0.218. The quantitative estimate of drug-likeness (QED) is 0.882. The van der Waals surface area contributed by atoms with Crippen LogP contribution >= 0.6 is 11.6 Å². The molecule has 1 heterocycles. The molecule has 17 heavy (non-hydrogen) atoms. The van der Waals surface area contributed by atoms with Gasteiger partial charge in [-0.05, 0) is 42.7 Å². The number of aliphatic hydroxyl groups is 1. The van der Waals surface area contributed by atoms with Gasteiger partial charge in [0.1, 0.15) is 6.10 Å². The van der Waals surface area contributed by atoms with Crippen LogP contribution in [0.5, 0.6) is 0 Å². The summed E-state index contributed by atoms with van der Waals surface area (Å²) in [6, 6.07) is 7.44. The first-order valence-electron chi connectivity index (χ1n) is 5.45. The Balaban J connectivity index is 2.48. The van der Waals surface area contributed by atoms with E-state index in [0.29, 0.717) is 5.02 Å². The third kappa shape index (κ3) is 2.33. The molecule has 0 aliphatic carbocycles. The molecule has 1 unspecified atom stereocenters. The lowest BCUT2D eigenvalue weighted by atomic mass is 9.96. The zero-order chi connectivity index (χ0) is 12.4. The molecule has 0 radical (unpaired) electrons. The fourth-order valence-electron chi connectivity index (χ4n) is 1.85. The maximum atomic E-state index is 10.4. The van der Waals surface area contributed by atoms with Crippen molar-refractivity contribution in [2.75, 3.05) is 0 Å². The number of benzene rings is 1. The molecule has 1 aromatic heterocycles. The number of halogens is 1. The standard InChI is InChI=1S/C14H14ClNO/c1-9-6-7-16-8-12(9)14(17)11-4-3-5-13(15)10(11)2/h3-8,14,17H,1-2H3. The van der Waals surface area contributed by atoms with E-state index >= 15 is 0 Å². The van der Waals surface area contributed by atoms with E-state index in [2.05, 4.69) is 4.98 Å². The van der Waals surface area contributed by atoms with Gasteiger partial charge in [0.05, 0.1) is 0 Å². The zero-order valence-corrected chi connectivity index (χ0v) is 10.6. The molecule has 1 atom stereocenters. The number of hydrogen-bond acceptors (Lipinski definition) is 2. The van der Waals surface area contributed by atoms with Gasteiger partial charge in [-0.15, -0.1) is 0 Å². The van der Waals surface area contributed by atoms with E-state index in [0.717, 1.165) is 22.3 Å².